The molecule has 1 fully saturated rings. The smallest absolute Gasteiger partial charge is 0.243 e. The summed E-state index contributed by atoms with van der Waals surface area (Å²) >= 11 is 0. The molecule has 6 heteroatoms. The quantitative estimate of drug-likeness (QED) is 0.757. The Morgan fingerprint density at radius 1 is 0.893 bits per heavy atom. The highest BCUT2D eigenvalue weighted by atomic mass is 32.2. The Balaban J connectivity index is 1.67. The predicted octanol–water partition coefficient (Wildman–Crippen LogP) is 4.11. The summed E-state index contributed by atoms with van der Waals surface area (Å²) in [7, 11) is -0.351. The van der Waals surface area contributed by atoms with Crippen LogP contribution in [0.4, 0.5) is 0 Å². The van der Waals surface area contributed by atoms with Crippen LogP contribution < -0.4 is 9.47 Å². The Morgan fingerprint density at radius 3 is 2.39 bits per heavy atom. The van der Waals surface area contributed by atoms with E-state index in [2.05, 4.69) is 0 Å². The third-order valence-electron chi connectivity index (χ3n) is 5.92. The molecular weight excluding hydrogens is 374 g/mol. The minimum atomic E-state index is -3.54. The molecule has 2 aliphatic rings. The fraction of sp³-hybridized carbons (Fsp3) is 0.455. The molecule has 1 aliphatic heterocycles. The number of nitrogens with zero attached hydrogens (tertiary/aromatic N) is 1. The maximum Gasteiger partial charge on any atom is 0.243 e. The summed E-state index contributed by atoms with van der Waals surface area (Å²) in [6.45, 7) is 0.540. The molecular formula is C22H27NO4S. The predicted molar refractivity (Wildman–Crippen MR) is 108 cm³/mol. The molecule has 28 heavy (non-hydrogen) atoms. The Hall–Kier alpha value is -2.05. The first kappa shape index (κ1) is 19.3. The van der Waals surface area contributed by atoms with Crippen LogP contribution in [0, 0.1) is 0 Å². The SMILES string of the molecule is COc1ccc(C2CCCN2S(=O)(=O)c2ccc3c(c2)CCCC3)cc1OC. The normalized spacial score (nSPS) is 20.0. The van der Waals surface area contributed by atoms with Crippen LogP contribution >= 0.6 is 0 Å². The van der Waals surface area contributed by atoms with Gasteiger partial charge in [-0.2, -0.15) is 4.31 Å². The minimum absolute atomic E-state index is 0.180. The number of fused-ring (bicyclic) bond motifs is 1. The Kier molecular flexibility index (Phi) is 5.34. The van der Waals surface area contributed by atoms with Crippen LogP contribution in [0.2, 0.25) is 0 Å². The second kappa shape index (κ2) is 7.76. The maximum atomic E-state index is 13.5. The van der Waals surface area contributed by atoms with Crippen LogP contribution in [0.1, 0.15) is 48.4 Å². The average Bonchev–Trinajstić information content (AvgIpc) is 3.23. The molecule has 0 saturated carbocycles. The zero-order chi connectivity index (χ0) is 19.7. The zero-order valence-corrected chi connectivity index (χ0v) is 17.3. The fourth-order valence-corrected chi connectivity index (χ4v) is 6.16. The summed E-state index contributed by atoms with van der Waals surface area (Å²) < 4.78 is 39.3. The van der Waals surface area contributed by atoms with Gasteiger partial charge in [0.05, 0.1) is 25.2 Å². The molecule has 1 unspecified atom stereocenters. The number of sulfonamides is 1. The molecule has 2 aromatic rings. The van der Waals surface area contributed by atoms with Crippen molar-refractivity contribution >= 4 is 10.0 Å². The molecule has 1 aliphatic carbocycles. The summed E-state index contributed by atoms with van der Waals surface area (Å²) in [5, 5.41) is 0. The monoisotopic (exact) mass is 401 g/mol. The number of rotatable bonds is 5. The third-order valence-corrected chi connectivity index (χ3v) is 7.83. The van der Waals surface area contributed by atoms with Gasteiger partial charge in [-0.05, 0) is 79.5 Å². The van der Waals surface area contributed by atoms with E-state index in [1.165, 1.54) is 17.5 Å². The Morgan fingerprint density at radius 2 is 1.64 bits per heavy atom. The number of ether oxygens (including phenoxy) is 2. The molecule has 1 heterocycles. The van der Waals surface area contributed by atoms with Gasteiger partial charge in [0.25, 0.3) is 0 Å². The van der Waals surface area contributed by atoms with Crippen molar-refractivity contribution in [1.29, 1.82) is 0 Å². The second-order valence-corrected chi connectivity index (χ2v) is 9.42. The van der Waals surface area contributed by atoms with E-state index in [0.717, 1.165) is 37.7 Å². The molecule has 0 bridgehead atoms. The largest absolute Gasteiger partial charge is 0.493 e. The number of aryl methyl sites for hydroxylation is 2. The lowest BCUT2D eigenvalue weighted by molar-refractivity contribution is 0.351. The summed E-state index contributed by atoms with van der Waals surface area (Å²) in [6, 6.07) is 11.2. The average molecular weight is 402 g/mol. The summed E-state index contributed by atoms with van der Waals surface area (Å²) in [5.74, 6) is 1.27. The molecule has 5 nitrogen and oxygen atoms in total. The van der Waals surface area contributed by atoms with Gasteiger partial charge in [0, 0.05) is 6.54 Å². The third kappa shape index (κ3) is 3.40. The van der Waals surface area contributed by atoms with Crippen molar-refractivity contribution in [2.24, 2.45) is 0 Å². The molecule has 0 spiro atoms. The van der Waals surface area contributed by atoms with E-state index in [-0.39, 0.29) is 6.04 Å². The highest BCUT2D eigenvalue weighted by Crippen LogP contribution is 2.40. The van der Waals surface area contributed by atoms with Crippen LogP contribution in [-0.2, 0) is 22.9 Å². The molecule has 2 aromatic carbocycles. The maximum absolute atomic E-state index is 13.5. The Labute approximate surface area is 167 Å². The van der Waals surface area contributed by atoms with Crippen molar-refractivity contribution in [3.05, 3.63) is 53.1 Å². The lowest BCUT2D eigenvalue weighted by Gasteiger charge is -2.26. The lowest BCUT2D eigenvalue weighted by atomic mass is 9.92. The van der Waals surface area contributed by atoms with E-state index in [9.17, 15) is 8.42 Å². The molecule has 0 radical (unpaired) electrons. The highest BCUT2D eigenvalue weighted by Gasteiger charge is 2.36. The van der Waals surface area contributed by atoms with E-state index >= 15 is 0 Å². The fourth-order valence-electron chi connectivity index (χ4n) is 4.43. The first-order valence-electron chi connectivity index (χ1n) is 9.90. The lowest BCUT2D eigenvalue weighted by Crippen LogP contribution is -2.31. The van der Waals surface area contributed by atoms with Crippen molar-refractivity contribution in [3.63, 3.8) is 0 Å². The second-order valence-electron chi connectivity index (χ2n) is 7.53. The van der Waals surface area contributed by atoms with Gasteiger partial charge in [0.2, 0.25) is 10.0 Å². The van der Waals surface area contributed by atoms with Crippen LogP contribution in [0.25, 0.3) is 0 Å². The van der Waals surface area contributed by atoms with E-state index in [1.54, 1.807) is 24.6 Å². The topological polar surface area (TPSA) is 55.8 Å². The standard InChI is InChI=1S/C22H27NO4S/c1-26-21-12-10-18(15-22(21)27-2)20-8-5-13-23(20)28(24,25)19-11-9-16-6-3-4-7-17(16)14-19/h9-12,14-15,20H,3-8,13H2,1-2H3. The number of hydrogen-bond acceptors (Lipinski definition) is 4. The highest BCUT2D eigenvalue weighted by molar-refractivity contribution is 7.89. The molecule has 150 valence electrons. The minimum Gasteiger partial charge on any atom is -0.493 e. The van der Waals surface area contributed by atoms with Crippen molar-refractivity contribution in [1.82, 2.24) is 4.31 Å². The summed E-state index contributed by atoms with van der Waals surface area (Å²) in [4.78, 5) is 0.417. The van der Waals surface area contributed by atoms with Crippen molar-refractivity contribution in [2.75, 3.05) is 20.8 Å². The number of benzene rings is 2. The van der Waals surface area contributed by atoms with Gasteiger partial charge in [-0.3, -0.25) is 0 Å². The van der Waals surface area contributed by atoms with Crippen LogP contribution in [-0.4, -0.2) is 33.5 Å². The van der Waals surface area contributed by atoms with E-state index in [1.807, 2.05) is 30.3 Å². The zero-order valence-electron chi connectivity index (χ0n) is 16.5. The molecule has 0 aromatic heterocycles. The van der Waals surface area contributed by atoms with Crippen molar-refractivity contribution < 1.29 is 17.9 Å². The first-order chi connectivity index (χ1) is 13.5. The van der Waals surface area contributed by atoms with Crippen molar-refractivity contribution in [3.8, 4) is 11.5 Å². The van der Waals surface area contributed by atoms with Crippen LogP contribution in [0.15, 0.2) is 41.3 Å². The van der Waals surface area contributed by atoms with E-state index in [0.29, 0.717) is 22.9 Å². The van der Waals surface area contributed by atoms with Crippen LogP contribution in [0.3, 0.4) is 0 Å². The van der Waals surface area contributed by atoms with Gasteiger partial charge >= 0.3 is 0 Å². The van der Waals surface area contributed by atoms with E-state index in [4.69, 9.17) is 9.47 Å². The summed E-state index contributed by atoms with van der Waals surface area (Å²) in [6.07, 6.45) is 6.00. The van der Waals surface area contributed by atoms with Gasteiger partial charge in [-0.1, -0.05) is 12.1 Å². The molecule has 1 saturated heterocycles. The summed E-state index contributed by atoms with van der Waals surface area (Å²) in [5.41, 5.74) is 3.42. The van der Waals surface area contributed by atoms with Gasteiger partial charge in [-0.25, -0.2) is 8.42 Å². The van der Waals surface area contributed by atoms with Crippen molar-refractivity contribution in [2.45, 2.75) is 49.5 Å². The first-order valence-corrected chi connectivity index (χ1v) is 11.3. The molecule has 0 N–H and O–H groups in total. The van der Waals surface area contributed by atoms with Gasteiger partial charge in [-0.15, -0.1) is 0 Å². The number of hydrogen-bond donors (Lipinski definition) is 0. The van der Waals surface area contributed by atoms with Gasteiger partial charge < -0.3 is 9.47 Å². The molecule has 1 atom stereocenters. The Bertz CT molecular complexity index is 970. The van der Waals surface area contributed by atoms with E-state index < -0.39 is 10.0 Å². The van der Waals surface area contributed by atoms with Gasteiger partial charge in [0.1, 0.15) is 0 Å². The molecule has 0 amide bonds. The van der Waals surface area contributed by atoms with Gasteiger partial charge in [0.15, 0.2) is 11.5 Å². The van der Waals surface area contributed by atoms with Crippen LogP contribution in [0.5, 0.6) is 11.5 Å². The number of methoxy groups -OCH3 is 2. The molecule has 4 rings (SSSR count).